The van der Waals surface area contributed by atoms with Crippen molar-refractivity contribution in [2.75, 3.05) is 26.8 Å². The average molecular weight is 414 g/mol. The Morgan fingerprint density at radius 2 is 2.13 bits per heavy atom. The maximum absolute atomic E-state index is 13.2. The van der Waals surface area contributed by atoms with Crippen LogP contribution in [-0.4, -0.2) is 60.2 Å². The number of fused-ring (bicyclic) bond motifs is 1. The summed E-state index contributed by atoms with van der Waals surface area (Å²) < 4.78 is 10.7. The number of nitrogens with zero attached hydrogens (tertiary/aromatic N) is 1. The van der Waals surface area contributed by atoms with Crippen LogP contribution in [0.25, 0.3) is 0 Å². The number of ether oxygens (including phenoxy) is 2. The summed E-state index contributed by atoms with van der Waals surface area (Å²) in [6.45, 7) is 3.85. The number of piperidine rings is 1. The molecule has 1 heterocycles. The number of hydrogen-bond acceptors (Lipinski definition) is 6. The van der Waals surface area contributed by atoms with E-state index in [0.29, 0.717) is 12.3 Å². The van der Waals surface area contributed by atoms with Gasteiger partial charge >= 0.3 is 5.97 Å². The van der Waals surface area contributed by atoms with Gasteiger partial charge in [-0.05, 0) is 74.8 Å². The number of aliphatic hydroxyl groups is 1. The van der Waals surface area contributed by atoms with Gasteiger partial charge in [0.2, 0.25) is 0 Å². The molecule has 162 valence electrons. The van der Waals surface area contributed by atoms with E-state index in [1.807, 2.05) is 12.1 Å². The monoisotopic (exact) mass is 413 g/mol. The van der Waals surface area contributed by atoms with Gasteiger partial charge in [0, 0.05) is 24.4 Å². The zero-order valence-electron chi connectivity index (χ0n) is 17.9. The van der Waals surface area contributed by atoms with Crippen LogP contribution in [0.4, 0.5) is 0 Å². The van der Waals surface area contributed by atoms with Crippen molar-refractivity contribution in [1.29, 1.82) is 0 Å². The highest BCUT2D eigenvalue weighted by Gasteiger charge is 2.67. The fourth-order valence-electron chi connectivity index (χ4n) is 6.33. The molecule has 1 saturated heterocycles. The van der Waals surface area contributed by atoms with Gasteiger partial charge in [0.15, 0.2) is 0 Å². The summed E-state index contributed by atoms with van der Waals surface area (Å²) in [6, 6.07) is 5.97. The van der Waals surface area contributed by atoms with Crippen LogP contribution in [-0.2, 0) is 26.2 Å². The number of benzene rings is 1. The molecule has 0 aromatic heterocycles. The van der Waals surface area contributed by atoms with Crippen molar-refractivity contribution < 1.29 is 24.2 Å². The Morgan fingerprint density at radius 3 is 2.83 bits per heavy atom. The molecule has 6 heteroatoms. The van der Waals surface area contributed by atoms with E-state index in [0.717, 1.165) is 30.8 Å². The number of esters is 1. The van der Waals surface area contributed by atoms with Gasteiger partial charge in [-0.3, -0.25) is 14.5 Å². The topological polar surface area (TPSA) is 76.1 Å². The lowest BCUT2D eigenvalue weighted by Crippen LogP contribution is -2.74. The molecule has 2 bridgehead atoms. The summed E-state index contributed by atoms with van der Waals surface area (Å²) in [5.74, 6) is -0.0235. The van der Waals surface area contributed by atoms with Crippen molar-refractivity contribution in [2.24, 2.45) is 11.8 Å². The van der Waals surface area contributed by atoms with E-state index in [2.05, 4.69) is 11.0 Å². The average Bonchev–Trinajstić information content (AvgIpc) is 3.54. The first-order chi connectivity index (χ1) is 14.4. The molecule has 3 aliphatic carbocycles. The Balaban J connectivity index is 1.61. The molecule has 0 amide bonds. The fraction of sp³-hybridized carbons (Fsp3) is 0.667. The van der Waals surface area contributed by atoms with Crippen LogP contribution in [0, 0.1) is 11.8 Å². The molecule has 3 fully saturated rings. The number of carbonyl (C=O) groups is 2. The molecule has 2 saturated carbocycles. The summed E-state index contributed by atoms with van der Waals surface area (Å²) in [4.78, 5) is 28.2. The predicted octanol–water partition coefficient (Wildman–Crippen LogP) is 2.25. The van der Waals surface area contributed by atoms with Gasteiger partial charge < -0.3 is 14.6 Å². The highest BCUT2D eigenvalue weighted by atomic mass is 16.5. The second-order valence-corrected chi connectivity index (χ2v) is 9.59. The van der Waals surface area contributed by atoms with E-state index < -0.39 is 22.9 Å². The van der Waals surface area contributed by atoms with Crippen LogP contribution < -0.4 is 4.74 Å². The molecule has 4 unspecified atom stereocenters. The van der Waals surface area contributed by atoms with Gasteiger partial charge in [0.1, 0.15) is 17.5 Å². The zero-order valence-corrected chi connectivity index (χ0v) is 17.9. The van der Waals surface area contributed by atoms with Crippen LogP contribution in [0.5, 0.6) is 5.75 Å². The molecule has 1 aromatic rings. The van der Waals surface area contributed by atoms with Crippen molar-refractivity contribution in [3.63, 3.8) is 0 Å². The number of carbonyl (C=O) groups excluding carboxylic acids is 2. The van der Waals surface area contributed by atoms with Gasteiger partial charge in [-0.15, -0.1) is 0 Å². The number of likely N-dealkylation sites (tertiary alicyclic amines) is 1. The smallest absolute Gasteiger partial charge is 0.316 e. The lowest BCUT2D eigenvalue weighted by Gasteiger charge is -2.64. The first-order valence-corrected chi connectivity index (χ1v) is 11.2. The first-order valence-electron chi connectivity index (χ1n) is 11.2. The number of rotatable bonds is 5. The Bertz CT molecular complexity index is 880. The van der Waals surface area contributed by atoms with Crippen LogP contribution in [0.15, 0.2) is 18.2 Å². The Kier molecular flexibility index (Phi) is 4.71. The molecule has 6 nitrogen and oxygen atoms in total. The minimum Gasteiger partial charge on any atom is -0.497 e. The Hall–Kier alpha value is -1.92. The van der Waals surface area contributed by atoms with E-state index in [1.165, 1.54) is 18.4 Å². The van der Waals surface area contributed by atoms with Crippen molar-refractivity contribution in [1.82, 2.24) is 4.90 Å². The van der Waals surface area contributed by atoms with Crippen molar-refractivity contribution in [3.05, 3.63) is 29.3 Å². The molecular weight excluding hydrogens is 382 g/mol. The van der Waals surface area contributed by atoms with Crippen LogP contribution in [0.3, 0.4) is 0 Å². The molecule has 1 aromatic carbocycles. The van der Waals surface area contributed by atoms with Gasteiger partial charge in [-0.25, -0.2) is 0 Å². The van der Waals surface area contributed by atoms with E-state index in [-0.39, 0.29) is 31.3 Å². The second-order valence-electron chi connectivity index (χ2n) is 9.59. The van der Waals surface area contributed by atoms with E-state index in [9.17, 15) is 14.7 Å². The highest BCUT2D eigenvalue weighted by molar-refractivity contribution is 6.01. The maximum Gasteiger partial charge on any atom is 0.316 e. The Morgan fingerprint density at radius 1 is 1.33 bits per heavy atom. The minimum absolute atomic E-state index is 0.0854. The van der Waals surface area contributed by atoms with Gasteiger partial charge in [-0.1, -0.05) is 6.07 Å². The quantitative estimate of drug-likeness (QED) is 0.589. The molecule has 30 heavy (non-hydrogen) atoms. The molecule has 5 rings (SSSR count). The lowest BCUT2D eigenvalue weighted by molar-refractivity contribution is -0.189. The van der Waals surface area contributed by atoms with E-state index in [1.54, 1.807) is 14.0 Å². The summed E-state index contributed by atoms with van der Waals surface area (Å²) in [5.41, 5.74) is 0.417. The number of methoxy groups -OCH3 is 1. The number of Topliss-reactive ketones (excluding diaryl/α,β-unsaturated/α-hetero) is 1. The standard InChI is InChI=1S/C24H31NO5/c1-3-30-22(27)18-12-24(28)21-10-16-6-7-17(29-2)11-19(16)23(24,13-20(18)26)8-9-25(21)14-15-4-5-15/h6-7,11,15,18,21,28H,3-5,8-10,12-14H2,1-2H3. The summed E-state index contributed by atoms with van der Waals surface area (Å²) in [7, 11) is 1.64. The molecule has 0 radical (unpaired) electrons. The normalized spacial score (nSPS) is 35.4. The molecular formula is C24H31NO5. The third-order valence-corrected chi connectivity index (χ3v) is 8.03. The van der Waals surface area contributed by atoms with Gasteiger partial charge in [-0.2, -0.15) is 0 Å². The SMILES string of the molecule is CCOC(=O)C1CC2(O)C3Cc4ccc(OC)cc4C2(CCN3CC2CC2)CC1=O. The Labute approximate surface area is 177 Å². The highest BCUT2D eigenvalue weighted by Crippen LogP contribution is 2.59. The maximum atomic E-state index is 13.2. The summed E-state index contributed by atoms with van der Waals surface area (Å²) in [6.07, 6.45) is 4.28. The van der Waals surface area contributed by atoms with Crippen LogP contribution in [0.2, 0.25) is 0 Å². The van der Waals surface area contributed by atoms with Crippen molar-refractivity contribution >= 4 is 11.8 Å². The fourth-order valence-corrected chi connectivity index (χ4v) is 6.33. The van der Waals surface area contributed by atoms with Gasteiger partial charge in [0.25, 0.3) is 0 Å². The minimum atomic E-state index is -1.13. The molecule has 1 N–H and O–H groups in total. The van der Waals surface area contributed by atoms with Crippen molar-refractivity contribution in [3.8, 4) is 5.75 Å². The molecule has 0 spiro atoms. The second kappa shape index (κ2) is 7.06. The lowest BCUT2D eigenvalue weighted by atomic mass is 9.48. The van der Waals surface area contributed by atoms with Crippen molar-refractivity contribution in [2.45, 2.75) is 62.5 Å². The predicted molar refractivity (Wildman–Crippen MR) is 110 cm³/mol. The van der Waals surface area contributed by atoms with Gasteiger partial charge in [0.05, 0.1) is 19.3 Å². The van der Waals surface area contributed by atoms with E-state index >= 15 is 0 Å². The third-order valence-electron chi connectivity index (χ3n) is 8.03. The molecule has 1 aliphatic heterocycles. The largest absolute Gasteiger partial charge is 0.497 e. The third kappa shape index (κ3) is 2.83. The first kappa shape index (κ1) is 20.0. The zero-order chi connectivity index (χ0) is 21.1. The number of ketones is 1. The number of hydrogen-bond donors (Lipinski definition) is 1. The molecule has 4 aliphatic rings. The summed E-state index contributed by atoms with van der Waals surface area (Å²) >= 11 is 0. The molecule has 4 atom stereocenters. The van der Waals surface area contributed by atoms with Crippen LogP contribution in [0.1, 0.15) is 50.2 Å². The summed E-state index contributed by atoms with van der Waals surface area (Å²) in [5, 5.41) is 12.3. The van der Waals surface area contributed by atoms with E-state index in [4.69, 9.17) is 9.47 Å². The van der Waals surface area contributed by atoms with Crippen LogP contribution >= 0.6 is 0 Å².